The maximum Gasteiger partial charge on any atom is 0.220 e. The summed E-state index contributed by atoms with van der Waals surface area (Å²) >= 11 is 0. The number of hydrogen-bond acceptors (Lipinski definition) is 2. The van der Waals surface area contributed by atoms with Crippen molar-refractivity contribution < 1.29 is 4.79 Å². The molecular formula is C29H39N3O. The predicted octanol–water partition coefficient (Wildman–Crippen LogP) is 5.70. The van der Waals surface area contributed by atoms with Crippen molar-refractivity contribution in [2.75, 3.05) is 13.1 Å². The Morgan fingerprint density at radius 3 is 2.52 bits per heavy atom. The van der Waals surface area contributed by atoms with Gasteiger partial charge in [-0.15, -0.1) is 0 Å². The highest BCUT2D eigenvalue weighted by molar-refractivity contribution is 5.85. The summed E-state index contributed by atoms with van der Waals surface area (Å²) in [5.74, 6) is 0.158. The standard InChI is InChI=1S/C29H39N3O/c1-22-12-14-25(15-13-22)20-31-21-26(27-10-4-5-11-28(27)31)16-17-29(33)30-18-7-19-32-23(2)8-6-9-24(32)3/h4-5,10-15,21,23-24H,6-9,16-20H2,1-3H3,(H,30,33)/t23-,24+. The first-order chi connectivity index (χ1) is 16.0. The molecule has 33 heavy (non-hydrogen) atoms. The lowest BCUT2D eigenvalue weighted by Gasteiger charge is -2.39. The number of likely N-dealkylation sites (tertiary alicyclic amines) is 1. The molecular weight excluding hydrogens is 406 g/mol. The molecule has 4 rings (SSSR count). The molecule has 3 aromatic rings. The van der Waals surface area contributed by atoms with E-state index in [2.05, 4.69) is 90.3 Å². The van der Waals surface area contributed by atoms with E-state index in [1.165, 1.54) is 46.9 Å². The third-order valence-electron chi connectivity index (χ3n) is 7.26. The molecule has 2 atom stereocenters. The van der Waals surface area contributed by atoms with Crippen LogP contribution in [0.1, 0.15) is 62.6 Å². The number of piperidine rings is 1. The van der Waals surface area contributed by atoms with Crippen LogP contribution in [-0.4, -0.2) is 40.5 Å². The highest BCUT2D eigenvalue weighted by Gasteiger charge is 2.23. The van der Waals surface area contributed by atoms with Gasteiger partial charge < -0.3 is 9.88 Å². The molecule has 0 saturated carbocycles. The summed E-state index contributed by atoms with van der Waals surface area (Å²) in [4.78, 5) is 15.1. The average molecular weight is 446 g/mol. The summed E-state index contributed by atoms with van der Waals surface area (Å²) in [6.45, 7) is 9.49. The number of amides is 1. The normalized spacial score (nSPS) is 19.1. The van der Waals surface area contributed by atoms with E-state index in [1.54, 1.807) is 0 Å². The Morgan fingerprint density at radius 1 is 1.03 bits per heavy atom. The van der Waals surface area contributed by atoms with Crippen molar-refractivity contribution in [2.45, 2.75) is 77.9 Å². The van der Waals surface area contributed by atoms with Gasteiger partial charge in [-0.25, -0.2) is 0 Å². The third-order valence-corrected chi connectivity index (χ3v) is 7.26. The van der Waals surface area contributed by atoms with Crippen molar-refractivity contribution in [1.82, 2.24) is 14.8 Å². The number of nitrogens with zero attached hydrogens (tertiary/aromatic N) is 2. The third kappa shape index (κ3) is 6.05. The number of hydrogen-bond donors (Lipinski definition) is 1. The maximum absolute atomic E-state index is 12.5. The Kier molecular flexibility index (Phi) is 7.87. The van der Waals surface area contributed by atoms with Crippen LogP contribution in [0.4, 0.5) is 0 Å². The summed E-state index contributed by atoms with van der Waals surface area (Å²) in [6, 6.07) is 18.6. The molecule has 1 saturated heterocycles. The first-order valence-electron chi connectivity index (χ1n) is 12.7. The molecule has 1 N–H and O–H groups in total. The molecule has 0 bridgehead atoms. The van der Waals surface area contributed by atoms with Gasteiger partial charge >= 0.3 is 0 Å². The van der Waals surface area contributed by atoms with Crippen LogP contribution in [0.25, 0.3) is 10.9 Å². The monoisotopic (exact) mass is 445 g/mol. The summed E-state index contributed by atoms with van der Waals surface area (Å²) in [5.41, 5.74) is 5.06. The lowest BCUT2D eigenvalue weighted by atomic mass is 9.97. The fourth-order valence-corrected chi connectivity index (χ4v) is 5.28. The van der Waals surface area contributed by atoms with Crippen molar-refractivity contribution in [3.8, 4) is 0 Å². The van der Waals surface area contributed by atoms with E-state index in [-0.39, 0.29) is 5.91 Å². The number of nitrogens with one attached hydrogen (secondary N) is 1. The Bertz CT molecular complexity index is 1040. The Balaban J connectivity index is 1.29. The topological polar surface area (TPSA) is 37.3 Å². The van der Waals surface area contributed by atoms with Crippen LogP contribution in [0, 0.1) is 6.92 Å². The molecule has 4 heteroatoms. The van der Waals surface area contributed by atoms with Crippen molar-refractivity contribution in [3.63, 3.8) is 0 Å². The van der Waals surface area contributed by atoms with E-state index in [1.807, 2.05) is 0 Å². The highest BCUT2D eigenvalue weighted by atomic mass is 16.1. The Morgan fingerprint density at radius 2 is 1.76 bits per heavy atom. The molecule has 2 heterocycles. The molecule has 1 aliphatic heterocycles. The van der Waals surface area contributed by atoms with E-state index >= 15 is 0 Å². The van der Waals surface area contributed by atoms with Crippen LogP contribution in [0.5, 0.6) is 0 Å². The van der Waals surface area contributed by atoms with Gasteiger partial charge in [0.25, 0.3) is 0 Å². The average Bonchev–Trinajstić information content (AvgIpc) is 3.16. The Labute approximate surface area is 199 Å². The maximum atomic E-state index is 12.5. The van der Waals surface area contributed by atoms with Gasteiger partial charge in [0.15, 0.2) is 0 Å². The van der Waals surface area contributed by atoms with E-state index in [4.69, 9.17) is 0 Å². The summed E-state index contributed by atoms with van der Waals surface area (Å²) < 4.78 is 2.31. The smallest absolute Gasteiger partial charge is 0.220 e. The number of carbonyl (C=O) groups is 1. The van der Waals surface area contributed by atoms with Crippen LogP contribution in [0.15, 0.2) is 54.7 Å². The molecule has 1 aliphatic rings. The molecule has 0 unspecified atom stereocenters. The molecule has 1 fully saturated rings. The molecule has 0 radical (unpaired) electrons. The number of carbonyl (C=O) groups excluding carboxylic acids is 1. The van der Waals surface area contributed by atoms with Crippen molar-refractivity contribution in [3.05, 3.63) is 71.4 Å². The number of fused-ring (bicyclic) bond motifs is 1. The van der Waals surface area contributed by atoms with Gasteiger partial charge in [-0.3, -0.25) is 9.69 Å². The Hall–Kier alpha value is -2.59. The van der Waals surface area contributed by atoms with Gasteiger partial charge in [-0.1, -0.05) is 54.4 Å². The van der Waals surface area contributed by atoms with Crippen LogP contribution >= 0.6 is 0 Å². The van der Waals surface area contributed by atoms with Crippen molar-refractivity contribution in [2.24, 2.45) is 0 Å². The van der Waals surface area contributed by atoms with Gasteiger partial charge in [0.05, 0.1) is 0 Å². The number of para-hydroxylation sites is 1. The number of aryl methyl sites for hydroxylation is 2. The molecule has 0 spiro atoms. The molecule has 2 aromatic carbocycles. The van der Waals surface area contributed by atoms with E-state index in [0.29, 0.717) is 18.5 Å². The second kappa shape index (κ2) is 11.0. The second-order valence-corrected chi connectivity index (χ2v) is 9.86. The lowest BCUT2D eigenvalue weighted by molar-refractivity contribution is -0.121. The van der Waals surface area contributed by atoms with Gasteiger partial charge in [-0.2, -0.15) is 0 Å². The largest absolute Gasteiger partial charge is 0.356 e. The zero-order valence-corrected chi connectivity index (χ0v) is 20.5. The molecule has 1 aromatic heterocycles. The summed E-state index contributed by atoms with van der Waals surface area (Å²) in [6.07, 6.45) is 8.51. The van der Waals surface area contributed by atoms with Crippen LogP contribution < -0.4 is 5.32 Å². The van der Waals surface area contributed by atoms with Crippen LogP contribution in [-0.2, 0) is 17.8 Å². The molecule has 4 nitrogen and oxygen atoms in total. The molecule has 0 aliphatic carbocycles. The molecule has 176 valence electrons. The fraction of sp³-hybridized carbons (Fsp3) is 0.483. The number of rotatable bonds is 9. The van der Waals surface area contributed by atoms with E-state index in [9.17, 15) is 4.79 Å². The van der Waals surface area contributed by atoms with Gasteiger partial charge in [0.2, 0.25) is 5.91 Å². The number of aromatic nitrogens is 1. The molecule has 1 amide bonds. The zero-order chi connectivity index (χ0) is 23.2. The van der Waals surface area contributed by atoms with E-state index < -0.39 is 0 Å². The highest BCUT2D eigenvalue weighted by Crippen LogP contribution is 2.24. The minimum atomic E-state index is 0.158. The quantitative estimate of drug-likeness (QED) is 0.429. The number of benzene rings is 2. The first-order valence-corrected chi connectivity index (χ1v) is 12.7. The zero-order valence-electron chi connectivity index (χ0n) is 20.5. The van der Waals surface area contributed by atoms with Crippen LogP contribution in [0.3, 0.4) is 0 Å². The minimum absolute atomic E-state index is 0.158. The SMILES string of the molecule is Cc1ccc(Cn2cc(CCC(=O)NCCCN3[C@H](C)CCC[C@@H]3C)c3ccccc32)cc1. The second-order valence-electron chi connectivity index (χ2n) is 9.86. The van der Waals surface area contributed by atoms with Crippen molar-refractivity contribution in [1.29, 1.82) is 0 Å². The van der Waals surface area contributed by atoms with Gasteiger partial charge in [0, 0.05) is 55.2 Å². The summed E-state index contributed by atoms with van der Waals surface area (Å²) in [5, 5.41) is 4.40. The van der Waals surface area contributed by atoms with Crippen LogP contribution in [0.2, 0.25) is 0 Å². The van der Waals surface area contributed by atoms with Gasteiger partial charge in [-0.05, 0) is 63.6 Å². The summed E-state index contributed by atoms with van der Waals surface area (Å²) in [7, 11) is 0. The van der Waals surface area contributed by atoms with E-state index in [0.717, 1.165) is 32.5 Å². The lowest BCUT2D eigenvalue weighted by Crippen LogP contribution is -2.44. The predicted molar refractivity (Wildman–Crippen MR) is 138 cm³/mol. The first kappa shape index (κ1) is 23.6. The van der Waals surface area contributed by atoms with Crippen molar-refractivity contribution >= 4 is 16.8 Å². The fourth-order valence-electron chi connectivity index (χ4n) is 5.28. The minimum Gasteiger partial charge on any atom is -0.356 e. The van der Waals surface area contributed by atoms with Gasteiger partial charge in [0.1, 0.15) is 0 Å².